The van der Waals surface area contributed by atoms with E-state index < -0.39 is 41.1 Å². The molecule has 0 aliphatic carbocycles. The van der Waals surface area contributed by atoms with Gasteiger partial charge in [0, 0.05) is 0 Å². The van der Waals surface area contributed by atoms with E-state index in [1.807, 2.05) is 24.4 Å². The lowest BCUT2D eigenvalue weighted by atomic mass is 10.2. The molecule has 0 radical (unpaired) electrons. The summed E-state index contributed by atoms with van der Waals surface area (Å²) in [7, 11) is 0. The van der Waals surface area contributed by atoms with Crippen LogP contribution < -0.4 is 10.1 Å². The molecule has 0 aromatic heterocycles. The summed E-state index contributed by atoms with van der Waals surface area (Å²) in [6.07, 6.45) is -1.37. The number of carbonyl (C=O) groups is 2. The molecular weight excluding hydrogens is 363 g/mol. The highest BCUT2D eigenvalue weighted by atomic mass is 19.2. The Morgan fingerprint density at radius 3 is 2.56 bits per heavy atom. The summed E-state index contributed by atoms with van der Waals surface area (Å²) in [5.74, 6) is -5.59. The van der Waals surface area contributed by atoms with Crippen LogP contribution in [0.15, 0.2) is 36.4 Å². The van der Waals surface area contributed by atoms with Crippen LogP contribution in [-0.4, -0.2) is 24.6 Å². The van der Waals surface area contributed by atoms with Crippen molar-refractivity contribution in [3.05, 3.63) is 59.4 Å². The van der Waals surface area contributed by atoms with Gasteiger partial charge in [-0.15, -0.1) is 0 Å². The molecule has 0 saturated heterocycles. The summed E-state index contributed by atoms with van der Waals surface area (Å²) in [4.78, 5) is 23.7. The molecule has 0 fully saturated rings. The molecule has 1 atom stereocenters. The molecule has 0 unspecified atom stereocenters. The van der Waals surface area contributed by atoms with Gasteiger partial charge in [-0.3, -0.25) is 9.59 Å². The third-order valence-corrected chi connectivity index (χ3v) is 3.53. The lowest BCUT2D eigenvalue weighted by molar-refractivity contribution is -0.153. The number of hydrogen-bond acceptors (Lipinski definition) is 4. The summed E-state index contributed by atoms with van der Waals surface area (Å²) in [5, 5.41) is 2.04. The predicted octanol–water partition coefficient (Wildman–Crippen LogP) is 3.75. The lowest BCUT2D eigenvalue weighted by Crippen LogP contribution is -2.30. The average molecular weight is 381 g/mol. The number of rotatable bonds is 7. The van der Waals surface area contributed by atoms with Gasteiger partial charge in [0.2, 0.25) is 0 Å². The van der Waals surface area contributed by atoms with Gasteiger partial charge in [0.05, 0.1) is 18.7 Å². The van der Waals surface area contributed by atoms with Crippen LogP contribution in [0.2, 0.25) is 0 Å². The number of halogens is 3. The molecule has 8 heteroatoms. The van der Waals surface area contributed by atoms with Gasteiger partial charge in [-0.05, 0) is 43.7 Å². The number of nitrogens with one attached hydrogen (secondary N) is 1. The number of esters is 1. The van der Waals surface area contributed by atoms with Crippen LogP contribution in [0.3, 0.4) is 0 Å². The number of hydrogen-bond donors (Lipinski definition) is 1. The van der Waals surface area contributed by atoms with Crippen molar-refractivity contribution in [2.24, 2.45) is 0 Å². The number of aryl methyl sites for hydroxylation is 1. The van der Waals surface area contributed by atoms with Gasteiger partial charge >= 0.3 is 5.97 Å². The summed E-state index contributed by atoms with van der Waals surface area (Å²) >= 11 is 0. The van der Waals surface area contributed by atoms with E-state index in [-0.39, 0.29) is 13.0 Å². The van der Waals surface area contributed by atoms with Crippen molar-refractivity contribution in [3.8, 4) is 5.75 Å². The van der Waals surface area contributed by atoms with E-state index in [0.717, 1.165) is 11.6 Å². The minimum Gasteiger partial charge on any atom is -0.493 e. The van der Waals surface area contributed by atoms with E-state index in [4.69, 9.17) is 9.47 Å². The molecule has 27 heavy (non-hydrogen) atoms. The number of anilines is 1. The Labute approximate surface area is 154 Å². The van der Waals surface area contributed by atoms with E-state index in [0.29, 0.717) is 11.8 Å². The second-order valence-electron chi connectivity index (χ2n) is 5.76. The zero-order valence-corrected chi connectivity index (χ0v) is 14.7. The lowest BCUT2D eigenvalue weighted by Gasteiger charge is -2.14. The molecule has 0 aliphatic heterocycles. The zero-order valence-electron chi connectivity index (χ0n) is 14.7. The molecule has 0 aliphatic rings. The van der Waals surface area contributed by atoms with Crippen molar-refractivity contribution in [1.82, 2.24) is 0 Å². The van der Waals surface area contributed by atoms with Crippen molar-refractivity contribution in [2.45, 2.75) is 26.4 Å². The molecule has 0 bridgehead atoms. The first-order chi connectivity index (χ1) is 12.8. The predicted molar refractivity (Wildman–Crippen MR) is 91.8 cm³/mol. The first-order valence-corrected chi connectivity index (χ1v) is 8.11. The number of amides is 1. The molecule has 2 aromatic carbocycles. The van der Waals surface area contributed by atoms with Crippen molar-refractivity contribution >= 4 is 17.6 Å². The van der Waals surface area contributed by atoms with Crippen LogP contribution in [0.5, 0.6) is 5.75 Å². The monoisotopic (exact) mass is 381 g/mol. The highest BCUT2D eigenvalue weighted by molar-refractivity contribution is 5.95. The molecule has 144 valence electrons. The van der Waals surface area contributed by atoms with E-state index in [1.54, 1.807) is 12.1 Å². The first kappa shape index (κ1) is 20.3. The molecule has 2 aromatic rings. The minimum atomic E-state index is -1.70. The Balaban J connectivity index is 1.81. The Kier molecular flexibility index (Phi) is 6.81. The van der Waals surface area contributed by atoms with Gasteiger partial charge in [-0.2, -0.15) is 0 Å². The molecule has 2 rings (SSSR count). The normalized spacial score (nSPS) is 11.6. The second-order valence-corrected chi connectivity index (χ2v) is 5.76. The van der Waals surface area contributed by atoms with Crippen molar-refractivity contribution in [3.63, 3.8) is 0 Å². The molecule has 0 heterocycles. The maximum absolute atomic E-state index is 13.6. The van der Waals surface area contributed by atoms with E-state index >= 15 is 0 Å². The van der Waals surface area contributed by atoms with Crippen molar-refractivity contribution in [2.75, 3.05) is 11.9 Å². The van der Waals surface area contributed by atoms with Crippen LogP contribution in [0.4, 0.5) is 18.9 Å². The van der Waals surface area contributed by atoms with Gasteiger partial charge in [0.15, 0.2) is 23.6 Å². The van der Waals surface area contributed by atoms with Crippen LogP contribution in [-0.2, 0) is 14.3 Å². The van der Waals surface area contributed by atoms with Crippen LogP contribution >= 0.6 is 0 Å². The molecular formula is C19H18F3NO4. The highest BCUT2D eigenvalue weighted by Gasteiger charge is 2.21. The quantitative estimate of drug-likeness (QED) is 0.586. The molecule has 1 amide bonds. The Morgan fingerprint density at radius 1 is 1.11 bits per heavy atom. The van der Waals surface area contributed by atoms with Crippen LogP contribution in [0.1, 0.15) is 18.9 Å². The molecule has 0 saturated carbocycles. The van der Waals surface area contributed by atoms with E-state index in [1.165, 1.54) is 6.92 Å². The van der Waals surface area contributed by atoms with Gasteiger partial charge in [0.25, 0.3) is 5.91 Å². The largest absolute Gasteiger partial charge is 0.493 e. The smallest absolute Gasteiger partial charge is 0.310 e. The number of benzene rings is 2. The molecule has 1 N–H and O–H groups in total. The highest BCUT2D eigenvalue weighted by Crippen LogP contribution is 2.20. The van der Waals surface area contributed by atoms with Gasteiger partial charge in [-0.1, -0.05) is 12.1 Å². The van der Waals surface area contributed by atoms with Gasteiger partial charge < -0.3 is 14.8 Å². The average Bonchev–Trinajstić information content (AvgIpc) is 2.62. The maximum atomic E-state index is 13.6. The first-order valence-electron chi connectivity index (χ1n) is 8.11. The third kappa shape index (κ3) is 5.73. The number of ether oxygens (including phenoxy) is 2. The second kappa shape index (κ2) is 9.07. The Morgan fingerprint density at radius 2 is 1.85 bits per heavy atom. The van der Waals surface area contributed by atoms with Crippen molar-refractivity contribution in [1.29, 1.82) is 0 Å². The van der Waals surface area contributed by atoms with Crippen LogP contribution in [0, 0.1) is 24.4 Å². The Hall–Kier alpha value is -3.03. The molecule has 0 spiro atoms. The fourth-order valence-corrected chi connectivity index (χ4v) is 2.12. The summed E-state index contributed by atoms with van der Waals surface area (Å²) < 4.78 is 49.9. The zero-order chi connectivity index (χ0) is 20.0. The summed E-state index contributed by atoms with van der Waals surface area (Å²) in [6.45, 7) is 3.22. The molecule has 5 nitrogen and oxygen atoms in total. The van der Waals surface area contributed by atoms with E-state index in [2.05, 4.69) is 0 Å². The van der Waals surface area contributed by atoms with E-state index in [9.17, 15) is 22.8 Å². The fraction of sp³-hybridized carbons (Fsp3) is 0.263. The number of carbonyl (C=O) groups excluding carboxylic acids is 2. The Bertz CT molecular complexity index is 842. The van der Waals surface area contributed by atoms with Crippen molar-refractivity contribution < 1.29 is 32.2 Å². The summed E-state index contributed by atoms with van der Waals surface area (Å²) in [5.41, 5.74) is 0.453. The summed E-state index contributed by atoms with van der Waals surface area (Å²) in [6, 6.07) is 8.80. The fourth-order valence-electron chi connectivity index (χ4n) is 2.12. The maximum Gasteiger partial charge on any atom is 0.310 e. The minimum absolute atomic E-state index is 0.0500. The van der Waals surface area contributed by atoms with Crippen LogP contribution in [0.25, 0.3) is 0 Å². The standard InChI is InChI=1S/C19H18F3NO4/c1-11-4-3-5-13(10-11)26-9-8-16(24)27-12(2)19(25)23-15-7-6-14(20)17(21)18(15)22/h3-7,10,12H,8-9H2,1-2H3,(H,23,25)/t12-/m0/s1. The SMILES string of the molecule is Cc1cccc(OCCC(=O)O[C@@H](C)C(=O)Nc2ccc(F)c(F)c2F)c1. The third-order valence-electron chi connectivity index (χ3n) is 3.53. The topological polar surface area (TPSA) is 64.6 Å². The van der Waals surface area contributed by atoms with Gasteiger partial charge in [-0.25, -0.2) is 13.2 Å². The van der Waals surface area contributed by atoms with Gasteiger partial charge in [0.1, 0.15) is 5.75 Å².